The first-order chi connectivity index (χ1) is 8.60. The van der Waals surface area contributed by atoms with Gasteiger partial charge in [0, 0.05) is 24.5 Å². The first-order valence-corrected chi connectivity index (χ1v) is 6.39. The first-order valence-electron chi connectivity index (χ1n) is 6.01. The summed E-state index contributed by atoms with van der Waals surface area (Å²) < 4.78 is 1.91. The summed E-state index contributed by atoms with van der Waals surface area (Å²) in [7, 11) is 0. The lowest BCUT2D eigenvalue weighted by Gasteiger charge is -2.14. The summed E-state index contributed by atoms with van der Waals surface area (Å²) in [6, 6.07) is 2.14. The highest BCUT2D eigenvalue weighted by Crippen LogP contribution is 2.25. The van der Waals surface area contributed by atoms with Gasteiger partial charge in [0.2, 0.25) is 0 Å². The predicted octanol–water partition coefficient (Wildman–Crippen LogP) is 3.43. The maximum atomic E-state index is 6.07. The summed E-state index contributed by atoms with van der Waals surface area (Å²) in [4.78, 5) is 4.13. The van der Waals surface area contributed by atoms with E-state index in [0.717, 1.165) is 23.4 Å². The lowest BCUT2D eigenvalue weighted by Crippen LogP contribution is -2.07. The average Bonchev–Trinajstić information content (AvgIpc) is 2.82. The summed E-state index contributed by atoms with van der Waals surface area (Å²) in [5.41, 5.74) is 3.07. The standard InChI is InChI=1S/C13H17ClN4/c1-4-18-8-11(7-16-18)10(3)17-12-5-9(2)6-15-13(12)14/h5-8,10,17H,4H2,1-3H3. The van der Waals surface area contributed by atoms with Crippen LogP contribution in [0.4, 0.5) is 5.69 Å². The largest absolute Gasteiger partial charge is 0.376 e. The highest BCUT2D eigenvalue weighted by atomic mass is 35.5. The second-order valence-corrected chi connectivity index (χ2v) is 4.70. The molecule has 2 aromatic heterocycles. The minimum Gasteiger partial charge on any atom is -0.376 e. The number of pyridine rings is 1. The van der Waals surface area contributed by atoms with E-state index < -0.39 is 0 Å². The van der Waals surface area contributed by atoms with Gasteiger partial charge in [-0.2, -0.15) is 5.10 Å². The molecular formula is C13H17ClN4. The molecule has 0 bridgehead atoms. The number of aromatic nitrogens is 3. The number of halogens is 1. The molecular weight excluding hydrogens is 248 g/mol. The van der Waals surface area contributed by atoms with Gasteiger partial charge in [-0.3, -0.25) is 4.68 Å². The molecule has 4 nitrogen and oxygen atoms in total. The second kappa shape index (κ2) is 5.40. The van der Waals surface area contributed by atoms with E-state index in [1.165, 1.54) is 0 Å². The maximum absolute atomic E-state index is 6.07. The van der Waals surface area contributed by atoms with Gasteiger partial charge in [-0.25, -0.2) is 4.98 Å². The smallest absolute Gasteiger partial charge is 0.152 e. The van der Waals surface area contributed by atoms with Crippen LogP contribution in [0, 0.1) is 6.92 Å². The number of nitrogens with one attached hydrogen (secondary N) is 1. The Balaban J connectivity index is 2.15. The van der Waals surface area contributed by atoms with Crippen LogP contribution in [0.25, 0.3) is 0 Å². The zero-order valence-electron chi connectivity index (χ0n) is 10.8. The van der Waals surface area contributed by atoms with E-state index in [1.54, 1.807) is 6.20 Å². The van der Waals surface area contributed by atoms with Crippen LogP contribution in [-0.2, 0) is 6.54 Å². The highest BCUT2D eigenvalue weighted by molar-refractivity contribution is 6.31. The van der Waals surface area contributed by atoms with E-state index in [0.29, 0.717) is 5.15 Å². The van der Waals surface area contributed by atoms with Gasteiger partial charge < -0.3 is 5.32 Å². The summed E-state index contributed by atoms with van der Waals surface area (Å²) in [5.74, 6) is 0. The summed E-state index contributed by atoms with van der Waals surface area (Å²) >= 11 is 6.07. The SMILES string of the molecule is CCn1cc(C(C)Nc2cc(C)cnc2Cl)cn1. The molecule has 5 heteroatoms. The highest BCUT2D eigenvalue weighted by Gasteiger charge is 2.10. The average molecular weight is 265 g/mol. The van der Waals surface area contributed by atoms with Gasteiger partial charge >= 0.3 is 0 Å². The van der Waals surface area contributed by atoms with Gasteiger partial charge in [0.05, 0.1) is 17.9 Å². The summed E-state index contributed by atoms with van der Waals surface area (Å²) in [5, 5.41) is 8.12. The third-order valence-corrected chi connectivity index (χ3v) is 3.13. The monoisotopic (exact) mass is 264 g/mol. The normalized spacial score (nSPS) is 12.4. The van der Waals surface area contributed by atoms with Crippen molar-refractivity contribution in [1.82, 2.24) is 14.8 Å². The molecule has 2 rings (SSSR count). The molecule has 0 saturated heterocycles. The van der Waals surface area contributed by atoms with Crippen molar-refractivity contribution in [2.24, 2.45) is 0 Å². The van der Waals surface area contributed by atoms with Crippen LogP contribution in [0.2, 0.25) is 5.15 Å². The van der Waals surface area contributed by atoms with Gasteiger partial charge in [-0.1, -0.05) is 11.6 Å². The van der Waals surface area contributed by atoms with Crippen LogP contribution in [0.1, 0.15) is 31.0 Å². The quantitative estimate of drug-likeness (QED) is 0.861. The fourth-order valence-electron chi connectivity index (χ4n) is 1.75. The van der Waals surface area contributed by atoms with Crippen LogP contribution < -0.4 is 5.32 Å². The number of aryl methyl sites for hydroxylation is 2. The molecule has 0 aromatic carbocycles. The lowest BCUT2D eigenvalue weighted by atomic mass is 10.2. The first kappa shape index (κ1) is 12.9. The van der Waals surface area contributed by atoms with E-state index >= 15 is 0 Å². The Morgan fingerprint density at radius 2 is 2.22 bits per heavy atom. The number of hydrogen-bond donors (Lipinski definition) is 1. The van der Waals surface area contributed by atoms with Crippen molar-refractivity contribution in [1.29, 1.82) is 0 Å². The molecule has 0 saturated carbocycles. The Morgan fingerprint density at radius 3 is 2.89 bits per heavy atom. The molecule has 0 aliphatic rings. The van der Waals surface area contributed by atoms with E-state index in [4.69, 9.17) is 11.6 Å². The van der Waals surface area contributed by atoms with Crippen LogP contribution in [0.15, 0.2) is 24.7 Å². The van der Waals surface area contributed by atoms with Gasteiger partial charge in [-0.15, -0.1) is 0 Å². The van der Waals surface area contributed by atoms with Crippen LogP contribution in [0.5, 0.6) is 0 Å². The molecule has 1 N–H and O–H groups in total. The number of hydrogen-bond acceptors (Lipinski definition) is 3. The van der Waals surface area contributed by atoms with Crippen molar-refractivity contribution in [3.8, 4) is 0 Å². The Kier molecular flexibility index (Phi) is 3.87. The van der Waals surface area contributed by atoms with E-state index in [1.807, 2.05) is 30.1 Å². The van der Waals surface area contributed by atoms with E-state index in [-0.39, 0.29) is 6.04 Å². The number of anilines is 1. The van der Waals surface area contributed by atoms with Crippen molar-refractivity contribution in [3.63, 3.8) is 0 Å². The van der Waals surface area contributed by atoms with Crippen molar-refractivity contribution < 1.29 is 0 Å². The zero-order chi connectivity index (χ0) is 13.1. The molecule has 0 radical (unpaired) electrons. The molecule has 0 aliphatic carbocycles. The summed E-state index contributed by atoms with van der Waals surface area (Å²) in [6.45, 7) is 7.01. The van der Waals surface area contributed by atoms with E-state index in [2.05, 4.69) is 29.2 Å². The van der Waals surface area contributed by atoms with Crippen LogP contribution in [0.3, 0.4) is 0 Å². The molecule has 18 heavy (non-hydrogen) atoms. The number of rotatable bonds is 4. The Morgan fingerprint density at radius 1 is 1.44 bits per heavy atom. The lowest BCUT2D eigenvalue weighted by molar-refractivity contribution is 0.658. The Labute approximate surface area is 112 Å². The van der Waals surface area contributed by atoms with Gasteiger partial charge in [0.1, 0.15) is 0 Å². The van der Waals surface area contributed by atoms with E-state index in [9.17, 15) is 0 Å². The molecule has 0 fully saturated rings. The third kappa shape index (κ3) is 2.82. The molecule has 96 valence electrons. The van der Waals surface area contributed by atoms with Crippen molar-refractivity contribution in [2.45, 2.75) is 33.4 Å². The van der Waals surface area contributed by atoms with Crippen molar-refractivity contribution in [2.75, 3.05) is 5.32 Å². The van der Waals surface area contributed by atoms with Crippen LogP contribution in [-0.4, -0.2) is 14.8 Å². The molecule has 1 unspecified atom stereocenters. The third-order valence-electron chi connectivity index (χ3n) is 2.83. The Hall–Kier alpha value is -1.55. The van der Waals surface area contributed by atoms with Crippen LogP contribution >= 0.6 is 11.6 Å². The van der Waals surface area contributed by atoms with Gasteiger partial charge in [-0.05, 0) is 32.4 Å². The van der Waals surface area contributed by atoms with Gasteiger partial charge in [0.15, 0.2) is 5.15 Å². The molecule has 2 heterocycles. The number of nitrogens with zero attached hydrogens (tertiary/aromatic N) is 3. The molecule has 0 spiro atoms. The van der Waals surface area contributed by atoms with Gasteiger partial charge in [0.25, 0.3) is 0 Å². The summed E-state index contributed by atoms with van der Waals surface area (Å²) in [6.07, 6.45) is 5.67. The zero-order valence-corrected chi connectivity index (χ0v) is 11.6. The predicted molar refractivity (Wildman–Crippen MR) is 73.9 cm³/mol. The van der Waals surface area contributed by atoms with Crippen molar-refractivity contribution >= 4 is 17.3 Å². The molecule has 1 atom stereocenters. The molecule has 0 aliphatic heterocycles. The van der Waals surface area contributed by atoms with Crippen molar-refractivity contribution in [3.05, 3.63) is 40.9 Å². The topological polar surface area (TPSA) is 42.7 Å². The molecule has 2 aromatic rings. The second-order valence-electron chi connectivity index (χ2n) is 4.35. The Bertz CT molecular complexity index is 536. The minimum absolute atomic E-state index is 0.145. The maximum Gasteiger partial charge on any atom is 0.152 e. The molecule has 0 amide bonds. The minimum atomic E-state index is 0.145. The fraction of sp³-hybridized carbons (Fsp3) is 0.385. The fourth-order valence-corrected chi connectivity index (χ4v) is 1.90.